The van der Waals surface area contributed by atoms with E-state index in [2.05, 4.69) is 5.32 Å². The highest BCUT2D eigenvalue weighted by Gasteiger charge is 2.45. The smallest absolute Gasteiger partial charge is 0.326 e. The predicted octanol–water partition coefficient (Wildman–Crippen LogP) is 5.16. The molecule has 0 spiro atoms. The Morgan fingerprint density at radius 1 is 1.02 bits per heavy atom. The number of nitrogens with zero attached hydrogens (tertiary/aromatic N) is 4. The van der Waals surface area contributed by atoms with Crippen molar-refractivity contribution in [1.82, 2.24) is 19.4 Å². The Kier molecular flexibility index (Phi) is 10.5. The lowest BCUT2D eigenvalue weighted by molar-refractivity contribution is -0.123. The number of benzene rings is 3. The molecular weight excluding hydrogens is 649 g/mol. The zero-order valence-corrected chi connectivity index (χ0v) is 27.4. The number of piperazine rings is 1. The van der Waals surface area contributed by atoms with Crippen molar-refractivity contribution in [2.45, 2.75) is 23.9 Å². The van der Waals surface area contributed by atoms with E-state index in [1.54, 1.807) is 42.2 Å². The lowest BCUT2D eigenvalue weighted by Gasteiger charge is -2.35. The molecule has 2 aliphatic heterocycles. The van der Waals surface area contributed by atoms with Crippen LogP contribution < -0.4 is 10.1 Å². The SMILES string of the molecule is CCOc1cc(S(=O)(=O)N(C)C)ccc1C1=N[C@@H](c2ccc(Cl)cc2)[C@@H](c2ccc(Cl)cc2)N1C(=O)N1CCNC(=O)C1.Cl. The van der Waals surface area contributed by atoms with Gasteiger partial charge in [0, 0.05) is 43.3 Å². The molecule has 0 radical (unpaired) electrons. The summed E-state index contributed by atoms with van der Waals surface area (Å²) in [5, 5.41) is 3.84. The Balaban J connectivity index is 0.00000442. The normalized spacial score (nSPS) is 18.5. The van der Waals surface area contributed by atoms with E-state index in [1.165, 1.54) is 31.1 Å². The summed E-state index contributed by atoms with van der Waals surface area (Å²) in [5.41, 5.74) is 2.01. The highest BCUT2D eigenvalue weighted by molar-refractivity contribution is 7.89. The van der Waals surface area contributed by atoms with Gasteiger partial charge in [0.1, 0.15) is 24.2 Å². The molecule has 3 amide bonds. The first-order valence-electron chi connectivity index (χ1n) is 13.6. The fourth-order valence-corrected chi connectivity index (χ4v) is 6.31. The van der Waals surface area contributed by atoms with Crippen molar-refractivity contribution in [2.24, 2.45) is 4.99 Å². The lowest BCUT2D eigenvalue weighted by Crippen LogP contribution is -2.55. The van der Waals surface area contributed by atoms with Crippen LogP contribution in [0.15, 0.2) is 76.6 Å². The molecule has 0 unspecified atom stereocenters. The zero-order chi connectivity index (χ0) is 30.9. The maximum Gasteiger partial charge on any atom is 0.326 e. The number of rotatable bonds is 7. The molecule has 1 fully saturated rings. The molecule has 0 aromatic heterocycles. The first-order chi connectivity index (χ1) is 20.5. The van der Waals surface area contributed by atoms with Gasteiger partial charge in [-0.3, -0.25) is 14.7 Å². The van der Waals surface area contributed by atoms with Crippen LogP contribution in [0.5, 0.6) is 5.75 Å². The number of amides is 3. The van der Waals surface area contributed by atoms with Crippen LogP contribution in [0.2, 0.25) is 10.0 Å². The second kappa shape index (κ2) is 13.7. The van der Waals surface area contributed by atoms with E-state index in [4.69, 9.17) is 32.9 Å². The summed E-state index contributed by atoms with van der Waals surface area (Å²) in [6.45, 7) is 2.55. The minimum absolute atomic E-state index is 0. The van der Waals surface area contributed by atoms with Crippen molar-refractivity contribution in [3.63, 3.8) is 0 Å². The van der Waals surface area contributed by atoms with Crippen LogP contribution in [0.4, 0.5) is 4.79 Å². The van der Waals surface area contributed by atoms with E-state index in [-0.39, 0.29) is 47.9 Å². The van der Waals surface area contributed by atoms with Crippen LogP contribution in [0, 0.1) is 0 Å². The fourth-order valence-electron chi connectivity index (χ4n) is 5.14. The van der Waals surface area contributed by atoms with Gasteiger partial charge in [-0.15, -0.1) is 12.4 Å². The van der Waals surface area contributed by atoms with Crippen molar-refractivity contribution < 1.29 is 22.7 Å². The number of ether oxygens (including phenoxy) is 1. The molecule has 2 heterocycles. The van der Waals surface area contributed by atoms with Crippen molar-refractivity contribution in [1.29, 1.82) is 0 Å². The molecule has 2 atom stereocenters. The molecule has 1 saturated heterocycles. The monoisotopic (exact) mass is 679 g/mol. The van der Waals surface area contributed by atoms with Gasteiger partial charge < -0.3 is 15.0 Å². The highest BCUT2D eigenvalue weighted by Crippen LogP contribution is 2.45. The van der Waals surface area contributed by atoms with E-state index in [0.29, 0.717) is 28.7 Å². The molecule has 2 aliphatic rings. The van der Waals surface area contributed by atoms with Crippen LogP contribution in [-0.4, -0.2) is 80.6 Å². The third kappa shape index (κ3) is 6.67. The number of urea groups is 1. The summed E-state index contributed by atoms with van der Waals surface area (Å²) >= 11 is 12.4. The first kappa shape index (κ1) is 33.5. The van der Waals surface area contributed by atoms with Crippen LogP contribution in [0.25, 0.3) is 0 Å². The number of aliphatic imine (C=N–C) groups is 1. The Bertz CT molecular complexity index is 1670. The third-order valence-electron chi connectivity index (χ3n) is 7.28. The third-order valence-corrected chi connectivity index (χ3v) is 9.59. The van der Waals surface area contributed by atoms with Crippen LogP contribution in [0.1, 0.15) is 35.7 Å². The summed E-state index contributed by atoms with van der Waals surface area (Å²) < 4.78 is 33.0. The molecule has 5 rings (SSSR count). The number of sulfonamides is 1. The molecule has 10 nitrogen and oxygen atoms in total. The van der Waals surface area contributed by atoms with Gasteiger partial charge in [-0.2, -0.15) is 0 Å². The van der Waals surface area contributed by atoms with Crippen molar-refractivity contribution in [3.8, 4) is 5.75 Å². The Labute approximate surface area is 273 Å². The predicted molar refractivity (Wildman–Crippen MR) is 172 cm³/mol. The molecule has 44 heavy (non-hydrogen) atoms. The van der Waals surface area contributed by atoms with Gasteiger partial charge in [-0.25, -0.2) is 17.5 Å². The van der Waals surface area contributed by atoms with Gasteiger partial charge in [-0.05, 0) is 54.4 Å². The molecule has 14 heteroatoms. The van der Waals surface area contributed by atoms with Crippen molar-refractivity contribution >= 4 is 63.4 Å². The molecule has 3 aromatic rings. The summed E-state index contributed by atoms with van der Waals surface area (Å²) in [6, 6.07) is 17.3. The summed E-state index contributed by atoms with van der Waals surface area (Å²) in [4.78, 5) is 34.9. The maximum absolute atomic E-state index is 14.4. The molecule has 0 saturated carbocycles. The Hall–Kier alpha value is -3.35. The largest absolute Gasteiger partial charge is 0.493 e. The second-order valence-corrected chi connectivity index (χ2v) is 13.3. The zero-order valence-electron chi connectivity index (χ0n) is 24.2. The maximum atomic E-state index is 14.4. The number of nitrogens with one attached hydrogen (secondary N) is 1. The van der Waals surface area contributed by atoms with E-state index >= 15 is 0 Å². The lowest BCUT2D eigenvalue weighted by atomic mass is 9.93. The standard InChI is InChI=1S/C30H31Cl2N5O5S.ClH/c1-4-42-25-17-23(43(40,41)35(2)3)13-14-24(25)29-34-27(19-5-9-21(31)10-6-19)28(20-7-11-22(32)12-8-20)37(29)30(39)36-16-15-33-26(38)18-36;/h5-14,17,27-28H,4,15-16,18H2,1-3H3,(H,33,38);1H/t27-,28+;/m0./s1. The van der Waals surface area contributed by atoms with Gasteiger partial charge in [-0.1, -0.05) is 47.5 Å². The minimum atomic E-state index is -3.77. The van der Waals surface area contributed by atoms with Crippen LogP contribution in [-0.2, 0) is 14.8 Å². The Morgan fingerprint density at radius 3 is 2.20 bits per heavy atom. The van der Waals surface area contributed by atoms with E-state index in [1.807, 2.05) is 24.3 Å². The number of amidine groups is 1. The van der Waals surface area contributed by atoms with Gasteiger partial charge in [0.2, 0.25) is 15.9 Å². The van der Waals surface area contributed by atoms with Crippen LogP contribution in [0.3, 0.4) is 0 Å². The second-order valence-electron chi connectivity index (χ2n) is 10.2. The van der Waals surface area contributed by atoms with E-state index < -0.39 is 28.1 Å². The molecule has 3 aromatic carbocycles. The minimum Gasteiger partial charge on any atom is -0.493 e. The molecule has 1 N–H and O–H groups in total. The first-order valence-corrected chi connectivity index (χ1v) is 15.8. The summed E-state index contributed by atoms with van der Waals surface area (Å²) in [6.07, 6.45) is 0. The van der Waals surface area contributed by atoms with Crippen molar-refractivity contribution in [2.75, 3.05) is 40.3 Å². The number of carbonyl (C=O) groups excluding carboxylic acids is 2. The van der Waals surface area contributed by atoms with Gasteiger partial charge in [0.15, 0.2) is 0 Å². The average molecular weight is 681 g/mol. The summed E-state index contributed by atoms with van der Waals surface area (Å²) in [5.74, 6) is 0.279. The number of carbonyl (C=O) groups is 2. The fraction of sp³-hybridized carbons (Fsp3) is 0.300. The van der Waals surface area contributed by atoms with Crippen molar-refractivity contribution in [3.05, 3.63) is 93.5 Å². The van der Waals surface area contributed by atoms with Gasteiger partial charge >= 0.3 is 6.03 Å². The quantitative estimate of drug-likeness (QED) is 0.371. The summed E-state index contributed by atoms with van der Waals surface area (Å²) in [7, 11) is -0.868. The van der Waals surface area contributed by atoms with E-state index in [9.17, 15) is 18.0 Å². The average Bonchev–Trinajstić information content (AvgIpc) is 3.38. The van der Waals surface area contributed by atoms with Gasteiger partial charge in [0.05, 0.1) is 23.1 Å². The highest BCUT2D eigenvalue weighted by atomic mass is 35.5. The number of hydrogen-bond acceptors (Lipinski definition) is 6. The molecule has 0 bridgehead atoms. The van der Waals surface area contributed by atoms with E-state index in [0.717, 1.165) is 15.4 Å². The molecular formula is C30H32Cl3N5O5S. The molecule has 234 valence electrons. The number of halogens is 3. The number of hydrogen-bond donors (Lipinski definition) is 1. The topological polar surface area (TPSA) is 112 Å². The Morgan fingerprint density at radius 2 is 1.64 bits per heavy atom. The van der Waals surface area contributed by atoms with Crippen LogP contribution >= 0.6 is 35.6 Å². The van der Waals surface area contributed by atoms with Gasteiger partial charge in [0.25, 0.3) is 0 Å². The molecule has 0 aliphatic carbocycles.